The lowest BCUT2D eigenvalue weighted by Crippen LogP contribution is -2.39. The van der Waals surface area contributed by atoms with Crippen LogP contribution in [0.3, 0.4) is 0 Å². The molecule has 3 nitrogen and oxygen atoms in total. The van der Waals surface area contributed by atoms with E-state index in [1.807, 2.05) is 12.1 Å². The summed E-state index contributed by atoms with van der Waals surface area (Å²) < 4.78 is 0. The number of benzene rings is 1. The van der Waals surface area contributed by atoms with Crippen LogP contribution in [0.15, 0.2) is 35.3 Å². The number of aryl methyl sites for hydroxylation is 1. The van der Waals surface area contributed by atoms with Gasteiger partial charge in [0.05, 0.1) is 6.04 Å². The number of fused-ring (bicyclic) bond motifs is 1. The third-order valence-corrected chi connectivity index (χ3v) is 3.52. The summed E-state index contributed by atoms with van der Waals surface area (Å²) in [4.78, 5) is 13.5. The minimum Gasteiger partial charge on any atom is -0.335 e. The van der Waals surface area contributed by atoms with Gasteiger partial charge in [0.1, 0.15) is 0 Å². The molecular weight excluding hydrogens is 292 g/mol. The van der Waals surface area contributed by atoms with Crippen molar-refractivity contribution in [1.82, 2.24) is 10.6 Å². The molecular formula is C14H17BrN2O. The standard InChI is InChI=1S/C14H17BrN2O/c15-9-4-10-16-14(18)17-13-8-3-6-11-5-1-2-7-12(11)13/h1-2,4-5,7,9,13H,3,6,8,10H2,(H2,16,17,18)/b9-4-/t13-/m1/s1. The number of urea groups is 1. The van der Waals surface area contributed by atoms with Gasteiger partial charge in [-0.25, -0.2) is 4.79 Å². The van der Waals surface area contributed by atoms with E-state index in [-0.39, 0.29) is 12.1 Å². The van der Waals surface area contributed by atoms with Gasteiger partial charge in [0.25, 0.3) is 0 Å². The first-order chi connectivity index (χ1) is 8.81. The Morgan fingerprint density at radius 1 is 1.44 bits per heavy atom. The molecule has 0 aromatic heterocycles. The molecule has 0 bridgehead atoms. The normalized spacial score (nSPS) is 18.4. The average Bonchev–Trinajstić information content (AvgIpc) is 2.39. The van der Waals surface area contributed by atoms with Crippen molar-refractivity contribution in [3.63, 3.8) is 0 Å². The maximum atomic E-state index is 11.7. The van der Waals surface area contributed by atoms with E-state index < -0.39 is 0 Å². The number of carbonyl (C=O) groups is 1. The number of halogens is 1. The first-order valence-corrected chi connectivity index (χ1v) is 7.10. The molecule has 1 aliphatic rings. The molecule has 0 aliphatic heterocycles. The number of rotatable bonds is 3. The van der Waals surface area contributed by atoms with E-state index in [0.29, 0.717) is 6.54 Å². The van der Waals surface area contributed by atoms with Gasteiger partial charge >= 0.3 is 6.03 Å². The minimum absolute atomic E-state index is 0.109. The van der Waals surface area contributed by atoms with Crippen LogP contribution in [0.1, 0.15) is 30.0 Å². The van der Waals surface area contributed by atoms with Crippen LogP contribution in [-0.2, 0) is 6.42 Å². The SMILES string of the molecule is O=C(NC/C=C\Br)N[C@@H]1CCCc2ccccc21. The number of amides is 2. The Morgan fingerprint density at radius 2 is 2.28 bits per heavy atom. The van der Waals surface area contributed by atoms with E-state index in [4.69, 9.17) is 0 Å². The zero-order chi connectivity index (χ0) is 12.8. The highest BCUT2D eigenvalue weighted by molar-refractivity contribution is 9.11. The largest absolute Gasteiger partial charge is 0.335 e. The number of carbonyl (C=O) groups excluding carboxylic acids is 1. The lowest BCUT2D eigenvalue weighted by molar-refractivity contribution is 0.236. The minimum atomic E-state index is -0.109. The predicted molar refractivity (Wildman–Crippen MR) is 76.7 cm³/mol. The van der Waals surface area contributed by atoms with Crippen molar-refractivity contribution in [1.29, 1.82) is 0 Å². The maximum Gasteiger partial charge on any atom is 0.315 e. The Hall–Kier alpha value is -1.29. The van der Waals surface area contributed by atoms with Crippen LogP contribution in [0.4, 0.5) is 4.79 Å². The van der Waals surface area contributed by atoms with E-state index in [9.17, 15) is 4.79 Å². The Bertz CT molecular complexity index is 445. The fourth-order valence-electron chi connectivity index (χ4n) is 2.31. The zero-order valence-electron chi connectivity index (χ0n) is 10.2. The monoisotopic (exact) mass is 308 g/mol. The van der Waals surface area contributed by atoms with Crippen molar-refractivity contribution >= 4 is 22.0 Å². The van der Waals surface area contributed by atoms with Gasteiger partial charge in [0.2, 0.25) is 0 Å². The van der Waals surface area contributed by atoms with Gasteiger partial charge in [0.15, 0.2) is 0 Å². The molecule has 0 saturated heterocycles. The molecule has 1 aliphatic carbocycles. The van der Waals surface area contributed by atoms with Crippen molar-refractivity contribution in [3.8, 4) is 0 Å². The topological polar surface area (TPSA) is 41.1 Å². The third kappa shape index (κ3) is 3.35. The Balaban J connectivity index is 1.96. The summed E-state index contributed by atoms with van der Waals surface area (Å²) in [6.07, 6.45) is 5.10. The van der Waals surface area contributed by atoms with Gasteiger partial charge in [-0.15, -0.1) is 0 Å². The molecule has 96 valence electrons. The van der Waals surface area contributed by atoms with Crippen LogP contribution in [0.25, 0.3) is 0 Å². The molecule has 0 saturated carbocycles. The summed E-state index contributed by atoms with van der Waals surface area (Å²) >= 11 is 3.17. The predicted octanol–water partition coefficient (Wildman–Crippen LogP) is 3.27. The summed E-state index contributed by atoms with van der Waals surface area (Å²) in [6.45, 7) is 0.533. The fourth-order valence-corrected chi connectivity index (χ4v) is 2.50. The highest BCUT2D eigenvalue weighted by Crippen LogP contribution is 2.29. The Labute approximate surface area is 116 Å². The van der Waals surface area contributed by atoms with Gasteiger partial charge in [-0.3, -0.25) is 0 Å². The van der Waals surface area contributed by atoms with Crippen molar-refractivity contribution in [2.24, 2.45) is 0 Å². The molecule has 0 heterocycles. The molecule has 2 amide bonds. The summed E-state index contributed by atoms with van der Waals surface area (Å²) in [5.74, 6) is 0. The quantitative estimate of drug-likeness (QED) is 0.884. The van der Waals surface area contributed by atoms with Gasteiger partial charge in [-0.2, -0.15) is 0 Å². The Morgan fingerprint density at radius 3 is 3.11 bits per heavy atom. The fraction of sp³-hybridized carbons (Fsp3) is 0.357. The smallest absolute Gasteiger partial charge is 0.315 e. The maximum absolute atomic E-state index is 11.7. The number of nitrogens with one attached hydrogen (secondary N) is 2. The summed E-state index contributed by atoms with van der Waals surface area (Å²) in [7, 11) is 0. The average molecular weight is 309 g/mol. The van der Waals surface area contributed by atoms with Crippen LogP contribution in [0, 0.1) is 0 Å². The summed E-state index contributed by atoms with van der Waals surface area (Å²) in [6, 6.07) is 8.38. The second-order valence-corrected chi connectivity index (χ2v) is 4.89. The van der Waals surface area contributed by atoms with Crippen LogP contribution >= 0.6 is 15.9 Å². The molecule has 1 aromatic rings. The molecule has 2 N–H and O–H groups in total. The van der Waals surface area contributed by atoms with Crippen molar-refractivity contribution in [2.45, 2.75) is 25.3 Å². The molecule has 0 fully saturated rings. The van der Waals surface area contributed by atoms with Crippen LogP contribution in [0.5, 0.6) is 0 Å². The lowest BCUT2D eigenvalue weighted by Gasteiger charge is -2.26. The van der Waals surface area contributed by atoms with Gasteiger partial charge in [-0.05, 0) is 35.4 Å². The number of hydrogen-bond acceptors (Lipinski definition) is 1. The van der Waals surface area contributed by atoms with Crippen molar-refractivity contribution in [3.05, 3.63) is 46.5 Å². The van der Waals surface area contributed by atoms with Gasteiger partial charge in [0, 0.05) is 6.54 Å². The zero-order valence-corrected chi connectivity index (χ0v) is 11.7. The molecule has 18 heavy (non-hydrogen) atoms. The van der Waals surface area contributed by atoms with Crippen molar-refractivity contribution in [2.75, 3.05) is 6.54 Å². The van der Waals surface area contributed by atoms with E-state index in [0.717, 1.165) is 19.3 Å². The second kappa shape index (κ2) is 6.59. The van der Waals surface area contributed by atoms with E-state index in [1.165, 1.54) is 11.1 Å². The summed E-state index contributed by atoms with van der Waals surface area (Å²) in [5, 5.41) is 5.83. The molecule has 2 rings (SSSR count). The molecule has 0 radical (unpaired) electrons. The molecule has 0 spiro atoms. The van der Waals surface area contributed by atoms with E-state index >= 15 is 0 Å². The van der Waals surface area contributed by atoms with E-state index in [1.54, 1.807) is 4.99 Å². The first kappa shape index (κ1) is 13.1. The highest BCUT2D eigenvalue weighted by Gasteiger charge is 2.20. The number of hydrogen-bond donors (Lipinski definition) is 2. The molecule has 1 atom stereocenters. The molecule has 4 heteroatoms. The lowest BCUT2D eigenvalue weighted by atomic mass is 9.88. The van der Waals surface area contributed by atoms with Crippen LogP contribution in [0.2, 0.25) is 0 Å². The third-order valence-electron chi connectivity index (χ3n) is 3.14. The van der Waals surface area contributed by atoms with Crippen LogP contribution in [-0.4, -0.2) is 12.6 Å². The molecule has 0 unspecified atom stereocenters. The highest BCUT2D eigenvalue weighted by atomic mass is 79.9. The van der Waals surface area contributed by atoms with E-state index in [2.05, 4.69) is 44.8 Å². The van der Waals surface area contributed by atoms with Gasteiger partial charge in [-0.1, -0.05) is 46.3 Å². The first-order valence-electron chi connectivity index (χ1n) is 6.18. The Kier molecular flexibility index (Phi) is 4.81. The van der Waals surface area contributed by atoms with Gasteiger partial charge < -0.3 is 10.6 Å². The summed E-state index contributed by atoms with van der Waals surface area (Å²) in [5.41, 5.74) is 2.62. The van der Waals surface area contributed by atoms with Crippen LogP contribution < -0.4 is 10.6 Å². The second-order valence-electron chi connectivity index (χ2n) is 4.36. The van der Waals surface area contributed by atoms with Crippen molar-refractivity contribution < 1.29 is 4.79 Å². The molecule has 1 aromatic carbocycles.